The maximum atomic E-state index is 6.27. The third kappa shape index (κ3) is 2.73. The van der Waals surface area contributed by atoms with Gasteiger partial charge in [0.2, 0.25) is 0 Å². The van der Waals surface area contributed by atoms with Crippen LogP contribution in [-0.2, 0) is 11.3 Å². The summed E-state index contributed by atoms with van der Waals surface area (Å²) < 4.78 is 5.68. The molecule has 104 valence electrons. The van der Waals surface area contributed by atoms with Crippen molar-refractivity contribution >= 4 is 11.6 Å². The van der Waals surface area contributed by atoms with Crippen molar-refractivity contribution in [1.29, 1.82) is 0 Å². The molecular formula is C17H18ClNO. The second-order valence-electron chi connectivity index (χ2n) is 5.18. The Kier molecular flexibility index (Phi) is 4.06. The van der Waals surface area contributed by atoms with E-state index in [1.165, 1.54) is 11.1 Å². The topological polar surface area (TPSA) is 21.3 Å². The van der Waals surface area contributed by atoms with Crippen LogP contribution in [0.2, 0.25) is 5.02 Å². The third-order valence-electron chi connectivity index (χ3n) is 3.80. The fraction of sp³-hybridized carbons (Fsp3) is 0.294. The smallest absolute Gasteiger partial charge is 0.0721 e. The number of rotatable bonds is 3. The van der Waals surface area contributed by atoms with Crippen molar-refractivity contribution in [1.82, 2.24) is 5.32 Å². The monoisotopic (exact) mass is 287 g/mol. The van der Waals surface area contributed by atoms with Crippen LogP contribution in [-0.4, -0.2) is 6.61 Å². The molecule has 0 saturated heterocycles. The summed E-state index contributed by atoms with van der Waals surface area (Å²) in [5.74, 6) is 0. The van der Waals surface area contributed by atoms with Crippen LogP contribution in [0.4, 0.5) is 0 Å². The molecule has 0 radical (unpaired) electrons. The van der Waals surface area contributed by atoms with Crippen LogP contribution in [0.15, 0.2) is 48.5 Å². The Hall–Kier alpha value is -1.35. The lowest BCUT2D eigenvalue weighted by Gasteiger charge is -2.29. The second kappa shape index (κ2) is 5.96. The van der Waals surface area contributed by atoms with Crippen molar-refractivity contribution in [2.75, 3.05) is 6.61 Å². The van der Waals surface area contributed by atoms with Crippen molar-refractivity contribution < 1.29 is 4.74 Å². The van der Waals surface area contributed by atoms with E-state index >= 15 is 0 Å². The van der Waals surface area contributed by atoms with Crippen LogP contribution in [0.25, 0.3) is 0 Å². The Morgan fingerprint density at radius 3 is 2.75 bits per heavy atom. The molecule has 2 nitrogen and oxygen atoms in total. The molecule has 1 heterocycles. The van der Waals surface area contributed by atoms with Crippen LogP contribution in [0.5, 0.6) is 0 Å². The molecule has 2 aromatic carbocycles. The van der Waals surface area contributed by atoms with Gasteiger partial charge in [-0.2, -0.15) is 0 Å². The van der Waals surface area contributed by atoms with E-state index in [-0.39, 0.29) is 12.1 Å². The molecule has 0 saturated carbocycles. The molecule has 0 amide bonds. The highest BCUT2D eigenvalue weighted by molar-refractivity contribution is 6.31. The average molecular weight is 288 g/mol. The average Bonchev–Trinajstić information content (AvgIpc) is 2.48. The molecule has 0 bridgehead atoms. The Morgan fingerprint density at radius 1 is 1.15 bits per heavy atom. The number of hydrogen-bond acceptors (Lipinski definition) is 2. The highest BCUT2D eigenvalue weighted by Crippen LogP contribution is 2.29. The van der Waals surface area contributed by atoms with Gasteiger partial charge in [-0.3, -0.25) is 0 Å². The third-order valence-corrected chi connectivity index (χ3v) is 4.14. The first kappa shape index (κ1) is 13.6. The van der Waals surface area contributed by atoms with Gasteiger partial charge in [0.1, 0.15) is 0 Å². The molecule has 2 atom stereocenters. The summed E-state index contributed by atoms with van der Waals surface area (Å²) in [6.07, 6.45) is 0. The molecule has 1 unspecified atom stereocenters. The number of nitrogens with one attached hydrogen (secondary N) is 1. The standard InChI is InChI=1S/C17H18ClNO/c1-12(14-7-4-5-9-16(14)18)19-17-11-20-10-13-6-2-3-8-15(13)17/h2-9,12,17,19H,10-11H2,1H3/t12-,17?/m1/s1. The van der Waals surface area contributed by atoms with E-state index in [9.17, 15) is 0 Å². The maximum Gasteiger partial charge on any atom is 0.0721 e. The molecule has 0 fully saturated rings. The van der Waals surface area contributed by atoms with Crippen molar-refractivity contribution in [2.45, 2.75) is 25.6 Å². The highest BCUT2D eigenvalue weighted by Gasteiger charge is 2.22. The molecule has 20 heavy (non-hydrogen) atoms. The van der Waals surface area contributed by atoms with Gasteiger partial charge in [0, 0.05) is 11.1 Å². The van der Waals surface area contributed by atoms with Gasteiger partial charge in [-0.15, -0.1) is 0 Å². The lowest BCUT2D eigenvalue weighted by atomic mass is 9.97. The molecule has 1 aliphatic heterocycles. The van der Waals surface area contributed by atoms with E-state index in [1.54, 1.807) is 0 Å². The minimum atomic E-state index is 0.184. The first-order chi connectivity index (χ1) is 9.75. The molecule has 3 rings (SSSR count). The largest absolute Gasteiger partial charge is 0.375 e. The van der Waals surface area contributed by atoms with Gasteiger partial charge in [0.05, 0.1) is 19.3 Å². The zero-order chi connectivity index (χ0) is 13.9. The lowest BCUT2D eigenvalue weighted by molar-refractivity contribution is 0.0791. The zero-order valence-electron chi connectivity index (χ0n) is 11.5. The molecule has 0 aliphatic carbocycles. The maximum absolute atomic E-state index is 6.27. The summed E-state index contributed by atoms with van der Waals surface area (Å²) in [4.78, 5) is 0. The summed E-state index contributed by atoms with van der Waals surface area (Å²) in [6.45, 7) is 3.54. The lowest BCUT2D eigenvalue weighted by Crippen LogP contribution is -2.31. The number of halogens is 1. The summed E-state index contributed by atoms with van der Waals surface area (Å²) in [5, 5.41) is 4.43. The first-order valence-corrected chi connectivity index (χ1v) is 7.29. The van der Waals surface area contributed by atoms with Gasteiger partial charge >= 0.3 is 0 Å². The first-order valence-electron chi connectivity index (χ1n) is 6.91. The summed E-state index contributed by atoms with van der Waals surface area (Å²) >= 11 is 6.27. The van der Waals surface area contributed by atoms with Crippen molar-refractivity contribution in [3.63, 3.8) is 0 Å². The van der Waals surface area contributed by atoms with Gasteiger partial charge in [-0.05, 0) is 29.7 Å². The van der Waals surface area contributed by atoms with Crippen LogP contribution in [0.3, 0.4) is 0 Å². The van der Waals surface area contributed by atoms with E-state index in [0.717, 1.165) is 10.6 Å². The Labute approximate surface area is 124 Å². The van der Waals surface area contributed by atoms with E-state index in [2.05, 4.69) is 42.6 Å². The van der Waals surface area contributed by atoms with E-state index in [0.29, 0.717) is 13.2 Å². The number of benzene rings is 2. The predicted octanol–water partition coefficient (Wildman–Crippen LogP) is 4.26. The van der Waals surface area contributed by atoms with Gasteiger partial charge < -0.3 is 10.1 Å². The Morgan fingerprint density at radius 2 is 1.90 bits per heavy atom. The summed E-state index contributed by atoms with van der Waals surface area (Å²) in [6, 6.07) is 16.8. The molecule has 3 heteroatoms. The fourth-order valence-corrected chi connectivity index (χ4v) is 3.04. The Balaban J connectivity index is 1.81. The van der Waals surface area contributed by atoms with E-state index in [1.807, 2.05) is 18.2 Å². The minimum absolute atomic E-state index is 0.184. The zero-order valence-corrected chi connectivity index (χ0v) is 12.2. The molecule has 1 aliphatic rings. The van der Waals surface area contributed by atoms with E-state index in [4.69, 9.17) is 16.3 Å². The van der Waals surface area contributed by atoms with Crippen LogP contribution < -0.4 is 5.32 Å². The van der Waals surface area contributed by atoms with Crippen molar-refractivity contribution in [3.05, 3.63) is 70.2 Å². The molecule has 2 aromatic rings. The second-order valence-corrected chi connectivity index (χ2v) is 5.58. The molecule has 1 N–H and O–H groups in total. The minimum Gasteiger partial charge on any atom is -0.375 e. The van der Waals surface area contributed by atoms with Gasteiger partial charge in [-0.25, -0.2) is 0 Å². The van der Waals surface area contributed by atoms with Crippen molar-refractivity contribution in [3.8, 4) is 0 Å². The predicted molar refractivity (Wildman–Crippen MR) is 81.8 cm³/mol. The van der Waals surface area contributed by atoms with E-state index < -0.39 is 0 Å². The quantitative estimate of drug-likeness (QED) is 0.911. The normalized spacial score (nSPS) is 19.4. The highest BCUT2D eigenvalue weighted by atomic mass is 35.5. The van der Waals surface area contributed by atoms with Gasteiger partial charge in [0.25, 0.3) is 0 Å². The number of hydrogen-bond donors (Lipinski definition) is 1. The van der Waals surface area contributed by atoms with Crippen LogP contribution in [0.1, 0.15) is 35.7 Å². The van der Waals surface area contributed by atoms with Crippen molar-refractivity contribution in [2.24, 2.45) is 0 Å². The number of fused-ring (bicyclic) bond motifs is 1. The summed E-state index contributed by atoms with van der Waals surface area (Å²) in [5.41, 5.74) is 3.72. The molecule has 0 aromatic heterocycles. The van der Waals surface area contributed by atoms with Crippen LogP contribution >= 0.6 is 11.6 Å². The SMILES string of the molecule is C[C@@H](NC1COCc2ccccc21)c1ccccc1Cl. The van der Waals surface area contributed by atoms with Gasteiger partial charge in [-0.1, -0.05) is 54.1 Å². The number of ether oxygens (including phenoxy) is 1. The van der Waals surface area contributed by atoms with Gasteiger partial charge in [0.15, 0.2) is 0 Å². The van der Waals surface area contributed by atoms with Crippen LogP contribution in [0, 0.1) is 0 Å². The molecule has 0 spiro atoms. The Bertz CT molecular complexity index is 599. The fourth-order valence-electron chi connectivity index (χ4n) is 2.74. The molecular weight excluding hydrogens is 270 g/mol. The summed E-state index contributed by atoms with van der Waals surface area (Å²) in [7, 11) is 0.